The van der Waals surface area contributed by atoms with Crippen molar-refractivity contribution in [2.24, 2.45) is 0 Å². The second-order valence-electron chi connectivity index (χ2n) is 4.43. The minimum absolute atomic E-state index is 0.267. The lowest BCUT2D eigenvalue weighted by molar-refractivity contribution is 0.403. The molecular weight excluding hydrogens is 218 g/mol. The third-order valence-electron chi connectivity index (χ3n) is 2.58. The van der Waals surface area contributed by atoms with Crippen LogP contribution in [0.1, 0.15) is 38.8 Å². The Morgan fingerprint density at radius 3 is 2.38 bits per heavy atom. The molecular formula is C14H18ClN. The van der Waals surface area contributed by atoms with Crippen molar-refractivity contribution in [3.05, 3.63) is 34.9 Å². The molecule has 1 rings (SSSR count). The van der Waals surface area contributed by atoms with Gasteiger partial charge in [-0.05, 0) is 38.0 Å². The Kier molecular flexibility index (Phi) is 4.41. The van der Waals surface area contributed by atoms with E-state index in [0.717, 1.165) is 11.4 Å². The summed E-state index contributed by atoms with van der Waals surface area (Å²) >= 11 is 5.87. The van der Waals surface area contributed by atoms with Gasteiger partial charge in [0.05, 0.1) is 5.54 Å². The van der Waals surface area contributed by atoms with Gasteiger partial charge in [-0.2, -0.15) is 0 Å². The minimum Gasteiger partial charge on any atom is -0.295 e. The Morgan fingerprint density at radius 2 is 1.94 bits per heavy atom. The molecule has 1 aromatic rings. The zero-order valence-electron chi connectivity index (χ0n) is 10.0. The van der Waals surface area contributed by atoms with Crippen molar-refractivity contribution in [3.63, 3.8) is 0 Å². The molecule has 1 atom stereocenters. The second-order valence-corrected chi connectivity index (χ2v) is 4.86. The Bertz CT molecular complexity index is 373. The molecule has 0 saturated carbocycles. The summed E-state index contributed by atoms with van der Waals surface area (Å²) in [6.45, 7) is 6.15. The van der Waals surface area contributed by atoms with Gasteiger partial charge >= 0.3 is 0 Å². The predicted molar refractivity (Wildman–Crippen MR) is 70.5 cm³/mol. The van der Waals surface area contributed by atoms with Crippen molar-refractivity contribution in [1.29, 1.82) is 0 Å². The van der Waals surface area contributed by atoms with Crippen molar-refractivity contribution in [1.82, 2.24) is 5.32 Å². The van der Waals surface area contributed by atoms with Crippen LogP contribution in [0.15, 0.2) is 24.3 Å². The number of nitrogens with one attached hydrogen (secondary N) is 1. The number of rotatable bonds is 4. The normalized spacial score (nSPS) is 13.2. The fourth-order valence-corrected chi connectivity index (χ4v) is 1.72. The van der Waals surface area contributed by atoms with Gasteiger partial charge in [0.15, 0.2) is 0 Å². The van der Waals surface area contributed by atoms with Crippen LogP contribution in [0.4, 0.5) is 0 Å². The summed E-state index contributed by atoms with van der Waals surface area (Å²) in [5.74, 6) is 2.75. The highest BCUT2D eigenvalue weighted by atomic mass is 35.5. The summed E-state index contributed by atoms with van der Waals surface area (Å²) in [5.41, 5.74) is 0.926. The summed E-state index contributed by atoms with van der Waals surface area (Å²) in [5, 5.41) is 4.21. The van der Waals surface area contributed by atoms with Crippen LogP contribution in [0.3, 0.4) is 0 Å². The van der Waals surface area contributed by atoms with Crippen LogP contribution >= 0.6 is 11.6 Å². The Hall–Kier alpha value is -0.970. The molecule has 0 bridgehead atoms. The summed E-state index contributed by atoms with van der Waals surface area (Å²) in [7, 11) is 0. The molecule has 1 aromatic carbocycles. The zero-order chi connectivity index (χ0) is 12.2. The quantitative estimate of drug-likeness (QED) is 0.783. The van der Waals surface area contributed by atoms with Crippen LogP contribution in [-0.4, -0.2) is 5.54 Å². The van der Waals surface area contributed by atoms with Crippen LogP contribution in [0.25, 0.3) is 0 Å². The van der Waals surface area contributed by atoms with Crippen LogP contribution in [-0.2, 0) is 0 Å². The van der Waals surface area contributed by atoms with E-state index in [-0.39, 0.29) is 11.6 Å². The molecule has 0 aliphatic rings. The van der Waals surface area contributed by atoms with Crippen LogP contribution < -0.4 is 5.32 Å². The van der Waals surface area contributed by atoms with Gasteiger partial charge in [-0.3, -0.25) is 5.32 Å². The van der Waals surface area contributed by atoms with Crippen molar-refractivity contribution in [2.75, 3.05) is 0 Å². The number of benzene rings is 1. The van der Waals surface area contributed by atoms with Crippen molar-refractivity contribution in [2.45, 2.75) is 38.8 Å². The van der Waals surface area contributed by atoms with Gasteiger partial charge in [0.25, 0.3) is 0 Å². The fourth-order valence-electron chi connectivity index (χ4n) is 1.59. The largest absolute Gasteiger partial charge is 0.295 e. The van der Waals surface area contributed by atoms with Gasteiger partial charge < -0.3 is 0 Å². The lowest BCUT2D eigenvalue weighted by Gasteiger charge is -2.27. The molecule has 86 valence electrons. The van der Waals surface area contributed by atoms with Gasteiger partial charge in [-0.15, -0.1) is 6.42 Å². The average molecular weight is 236 g/mol. The van der Waals surface area contributed by atoms with E-state index in [9.17, 15) is 0 Å². The predicted octanol–water partition coefficient (Wildman–Crippen LogP) is 3.79. The molecule has 0 aliphatic heterocycles. The molecule has 0 aliphatic carbocycles. The van der Waals surface area contributed by atoms with Crippen molar-refractivity contribution in [3.8, 4) is 12.3 Å². The van der Waals surface area contributed by atoms with Gasteiger partial charge in [0.2, 0.25) is 0 Å². The smallest absolute Gasteiger partial charge is 0.0745 e. The highest BCUT2D eigenvalue weighted by molar-refractivity contribution is 6.30. The number of terminal acetylenes is 1. The van der Waals surface area contributed by atoms with Gasteiger partial charge in [0, 0.05) is 11.1 Å². The van der Waals surface area contributed by atoms with Gasteiger partial charge in [-0.25, -0.2) is 0 Å². The fraction of sp³-hybridized carbons (Fsp3) is 0.429. The van der Waals surface area contributed by atoms with E-state index in [4.69, 9.17) is 18.0 Å². The standard InChI is InChI=1S/C14H18ClN/c1-5-13(16-14(3,4)6-2)11-7-9-12(15)10-8-11/h2,7-10,13,16H,5H2,1,3-4H3. The number of hydrogen-bond acceptors (Lipinski definition) is 1. The molecule has 1 nitrogen and oxygen atoms in total. The maximum Gasteiger partial charge on any atom is 0.0745 e. The van der Waals surface area contributed by atoms with Crippen molar-refractivity contribution >= 4 is 11.6 Å². The molecule has 0 amide bonds. The molecule has 0 aromatic heterocycles. The second kappa shape index (κ2) is 5.39. The van der Waals surface area contributed by atoms with Crippen molar-refractivity contribution < 1.29 is 0 Å². The molecule has 16 heavy (non-hydrogen) atoms. The van der Waals surface area contributed by atoms with E-state index >= 15 is 0 Å². The third kappa shape index (κ3) is 3.56. The zero-order valence-corrected chi connectivity index (χ0v) is 10.8. The Labute approximate surface area is 103 Å². The lowest BCUT2D eigenvalue weighted by Crippen LogP contribution is -2.40. The third-order valence-corrected chi connectivity index (χ3v) is 2.83. The average Bonchev–Trinajstić information content (AvgIpc) is 2.27. The first-order valence-electron chi connectivity index (χ1n) is 5.49. The minimum atomic E-state index is -0.291. The molecule has 0 saturated heterocycles. The lowest BCUT2D eigenvalue weighted by atomic mass is 9.99. The highest BCUT2D eigenvalue weighted by Crippen LogP contribution is 2.21. The van der Waals surface area contributed by atoms with Crippen LogP contribution in [0.2, 0.25) is 5.02 Å². The van der Waals surface area contributed by atoms with E-state index in [2.05, 4.69) is 18.2 Å². The molecule has 0 spiro atoms. The van der Waals surface area contributed by atoms with Crippen LogP contribution in [0, 0.1) is 12.3 Å². The van der Waals surface area contributed by atoms with Gasteiger partial charge in [0.1, 0.15) is 0 Å². The molecule has 0 fully saturated rings. The first-order valence-corrected chi connectivity index (χ1v) is 5.87. The SMILES string of the molecule is C#CC(C)(C)NC(CC)c1ccc(Cl)cc1. The first kappa shape index (κ1) is 13.1. The van der Waals surface area contributed by atoms with Gasteiger partial charge in [-0.1, -0.05) is 36.6 Å². The molecule has 0 radical (unpaired) electrons. The molecule has 2 heteroatoms. The monoisotopic (exact) mass is 235 g/mol. The highest BCUT2D eigenvalue weighted by Gasteiger charge is 2.19. The Balaban J connectivity index is 2.84. The molecule has 0 heterocycles. The van der Waals surface area contributed by atoms with E-state index in [0.29, 0.717) is 0 Å². The molecule has 1 N–H and O–H groups in total. The summed E-state index contributed by atoms with van der Waals surface area (Å²) in [4.78, 5) is 0. The maximum atomic E-state index is 5.87. The topological polar surface area (TPSA) is 12.0 Å². The Morgan fingerprint density at radius 1 is 1.38 bits per heavy atom. The van der Waals surface area contributed by atoms with E-state index < -0.39 is 0 Å². The summed E-state index contributed by atoms with van der Waals surface area (Å²) in [6, 6.07) is 8.16. The van der Waals surface area contributed by atoms with E-state index in [1.807, 2.05) is 38.1 Å². The first-order chi connectivity index (χ1) is 7.48. The number of halogens is 1. The van der Waals surface area contributed by atoms with E-state index in [1.54, 1.807) is 0 Å². The summed E-state index contributed by atoms with van der Waals surface area (Å²) in [6.07, 6.45) is 6.47. The number of hydrogen-bond donors (Lipinski definition) is 1. The van der Waals surface area contributed by atoms with Crippen LogP contribution in [0.5, 0.6) is 0 Å². The maximum absolute atomic E-state index is 5.87. The molecule has 1 unspecified atom stereocenters. The van der Waals surface area contributed by atoms with E-state index in [1.165, 1.54) is 5.56 Å². The summed E-state index contributed by atoms with van der Waals surface area (Å²) < 4.78 is 0.